The van der Waals surface area contributed by atoms with E-state index >= 15 is 0 Å². The van der Waals surface area contributed by atoms with Gasteiger partial charge in [-0.3, -0.25) is 9.89 Å². The molecule has 1 heterocycles. The number of H-pyrrole nitrogens is 1. The lowest BCUT2D eigenvalue weighted by Crippen LogP contribution is -2.14. The monoisotopic (exact) mass is 442 g/mol. The number of benzene rings is 2. The van der Waals surface area contributed by atoms with E-state index < -0.39 is 17.6 Å². The average molecular weight is 442 g/mol. The first-order valence-corrected chi connectivity index (χ1v) is 9.13. The van der Waals surface area contributed by atoms with Crippen molar-refractivity contribution in [3.05, 3.63) is 65.4 Å². The molecule has 0 saturated carbocycles. The van der Waals surface area contributed by atoms with Crippen molar-refractivity contribution in [1.82, 2.24) is 10.2 Å². The summed E-state index contributed by atoms with van der Waals surface area (Å²) >= 11 is 0. The van der Waals surface area contributed by atoms with Crippen molar-refractivity contribution in [2.75, 3.05) is 19.5 Å². The smallest absolute Gasteiger partial charge is 0.416 e. The van der Waals surface area contributed by atoms with Crippen LogP contribution < -0.4 is 14.8 Å². The molecule has 0 saturated heterocycles. The van der Waals surface area contributed by atoms with Gasteiger partial charge in [-0.1, -0.05) is 6.07 Å². The van der Waals surface area contributed by atoms with Crippen molar-refractivity contribution < 1.29 is 27.4 Å². The van der Waals surface area contributed by atoms with Gasteiger partial charge in [-0.2, -0.15) is 23.5 Å². The molecule has 2 aromatic carbocycles. The maximum Gasteiger partial charge on any atom is 0.416 e. The number of nitriles is 1. The standard InChI is InChI=1S/C22H17F3N4O3/c1-31-18-7-6-13(9-19(18)32-2)20-15(12-27-29-20)8-14(11-26)21(30)28-17-5-3-4-16(10-17)22(23,24)25/h3-10,12H,1-2H3,(H,27,29)(H,28,30). The predicted octanol–water partition coefficient (Wildman–Crippen LogP) is 4.66. The summed E-state index contributed by atoms with van der Waals surface area (Å²) < 4.78 is 49.2. The molecule has 0 aliphatic heterocycles. The van der Waals surface area contributed by atoms with E-state index in [0.717, 1.165) is 12.1 Å². The summed E-state index contributed by atoms with van der Waals surface area (Å²) in [6.07, 6.45) is -1.85. The number of nitrogens with zero attached hydrogens (tertiary/aromatic N) is 2. The molecule has 164 valence electrons. The molecule has 0 fully saturated rings. The lowest BCUT2D eigenvalue weighted by Gasteiger charge is -2.10. The highest BCUT2D eigenvalue weighted by molar-refractivity contribution is 6.10. The number of rotatable bonds is 6. The van der Waals surface area contributed by atoms with Crippen LogP contribution in [0.4, 0.5) is 18.9 Å². The number of alkyl halides is 3. The molecule has 0 spiro atoms. The second-order valence-corrected chi connectivity index (χ2v) is 6.47. The third-order valence-corrected chi connectivity index (χ3v) is 4.45. The maximum atomic E-state index is 12.9. The Morgan fingerprint density at radius 2 is 1.91 bits per heavy atom. The van der Waals surface area contributed by atoms with E-state index in [1.807, 2.05) is 0 Å². The van der Waals surface area contributed by atoms with Crippen molar-refractivity contribution >= 4 is 17.7 Å². The fraction of sp³-hybridized carbons (Fsp3) is 0.136. The number of halogens is 3. The zero-order valence-electron chi connectivity index (χ0n) is 16.9. The highest BCUT2D eigenvalue weighted by atomic mass is 19.4. The first-order chi connectivity index (χ1) is 15.3. The molecule has 0 aliphatic carbocycles. The fourth-order valence-corrected chi connectivity index (χ4v) is 2.90. The quantitative estimate of drug-likeness (QED) is 0.427. The number of aromatic nitrogens is 2. The fourth-order valence-electron chi connectivity index (χ4n) is 2.90. The summed E-state index contributed by atoms with van der Waals surface area (Å²) in [4.78, 5) is 12.5. The topological polar surface area (TPSA) is 100 Å². The van der Waals surface area contributed by atoms with Crippen LogP contribution in [0.3, 0.4) is 0 Å². The zero-order chi connectivity index (χ0) is 23.3. The Hall–Kier alpha value is -4.26. The van der Waals surface area contributed by atoms with Gasteiger partial charge in [0.15, 0.2) is 11.5 Å². The van der Waals surface area contributed by atoms with E-state index in [9.17, 15) is 23.2 Å². The van der Waals surface area contributed by atoms with E-state index in [2.05, 4.69) is 15.5 Å². The van der Waals surface area contributed by atoms with Crippen molar-refractivity contribution in [3.8, 4) is 28.8 Å². The average Bonchev–Trinajstić information content (AvgIpc) is 3.24. The summed E-state index contributed by atoms with van der Waals surface area (Å²) in [7, 11) is 2.99. The number of hydrogen-bond donors (Lipinski definition) is 2. The number of hydrogen-bond acceptors (Lipinski definition) is 5. The number of carbonyl (C=O) groups excluding carboxylic acids is 1. The highest BCUT2D eigenvalue weighted by Crippen LogP contribution is 2.33. The number of amides is 1. The third-order valence-electron chi connectivity index (χ3n) is 4.45. The zero-order valence-corrected chi connectivity index (χ0v) is 16.9. The molecule has 7 nitrogen and oxygen atoms in total. The molecule has 0 aliphatic rings. The molecule has 1 amide bonds. The SMILES string of the molecule is COc1ccc(-c2[nH]ncc2C=C(C#N)C(=O)Nc2cccc(C(F)(F)F)c2)cc1OC. The minimum Gasteiger partial charge on any atom is -0.493 e. The van der Waals surface area contributed by atoms with Crippen LogP contribution in [0, 0.1) is 11.3 Å². The number of nitrogens with one attached hydrogen (secondary N) is 2. The molecule has 0 atom stereocenters. The van der Waals surface area contributed by atoms with E-state index in [1.165, 1.54) is 38.6 Å². The Morgan fingerprint density at radius 3 is 2.56 bits per heavy atom. The highest BCUT2D eigenvalue weighted by Gasteiger charge is 2.30. The van der Waals surface area contributed by atoms with Gasteiger partial charge in [-0.25, -0.2) is 0 Å². The van der Waals surface area contributed by atoms with Gasteiger partial charge in [0, 0.05) is 16.8 Å². The molecule has 32 heavy (non-hydrogen) atoms. The molecular weight excluding hydrogens is 425 g/mol. The Balaban J connectivity index is 1.89. The van der Waals surface area contributed by atoms with Crippen molar-refractivity contribution in [2.24, 2.45) is 0 Å². The van der Waals surface area contributed by atoms with Gasteiger partial charge in [0.25, 0.3) is 5.91 Å². The van der Waals surface area contributed by atoms with Crippen LogP contribution >= 0.6 is 0 Å². The van der Waals surface area contributed by atoms with E-state index in [0.29, 0.717) is 28.3 Å². The van der Waals surface area contributed by atoms with Crippen LogP contribution in [0.1, 0.15) is 11.1 Å². The normalized spacial score (nSPS) is 11.6. The largest absolute Gasteiger partial charge is 0.493 e. The van der Waals surface area contributed by atoms with Crippen LogP contribution in [0.5, 0.6) is 11.5 Å². The minimum absolute atomic E-state index is 0.0849. The van der Waals surface area contributed by atoms with Crippen LogP contribution in [-0.4, -0.2) is 30.3 Å². The molecule has 0 unspecified atom stereocenters. The molecular formula is C22H17F3N4O3. The minimum atomic E-state index is -4.56. The van der Waals surface area contributed by atoms with Gasteiger partial charge < -0.3 is 14.8 Å². The Labute approximate surface area is 181 Å². The molecule has 0 bridgehead atoms. The number of anilines is 1. The van der Waals surface area contributed by atoms with Crippen LogP contribution in [-0.2, 0) is 11.0 Å². The maximum absolute atomic E-state index is 12.9. The van der Waals surface area contributed by atoms with Crippen molar-refractivity contribution in [3.63, 3.8) is 0 Å². The van der Waals surface area contributed by atoms with Crippen molar-refractivity contribution in [2.45, 2.75) is 6.18 Å². The van der Waals surface area contributed by atoms with E-state index in [1.54, 1.807) is 24.3 Å². The van der Waals surface area contributed by atoms with Gasteiger partial charge in [-0.15, -0.1) is 0 Å². The lowest BCUT2D eigenvalue weighted by molar-refractivity contribution is -0.137. The predicted molar refractivity (Wildman–Crippen MR) is 111 cm³/mol. The number of carbonyl (C=O) groups is 1. The van der Waals surface area contributed by atoms with E-state index in [-0.39, 0.29) is 11.3 Å². The Bertz CT molecular complexity index is 1210. The van der Waals surface area contributed by atoms with Gasteiger partial charge in [-0.05, 0) is 42.5 Å². The third kappa shape index (κ3) is 4.89. The molecule has 2 N–H and O–H groups in total. The second-order valence-electron chi connectivity index (χ2n) is 6.47. The Kier molecular flexibility index (Phi) is 6.49. The molecule has 1 aromatic heterocycles. The molecule has 3 rings (SSSR count). The van der Waals surface area contributed by atoms with Crippen LogP contribution in [0.25, 0.3) is 17.3 Å². The van der Waals surface area contributed by atoms with E-state index in [4.69, 9.17) is 9.47 Å². The summed E-state index contributed by atoms with van der Waals surface area (Å²) in [6.45, 7) is 0. The van der Waals surface area contributed by atoms with Gasteiger partial charge >= 0.3 is 6.18 Å². The first-order valence-electron chi connectivity index (χ1n) is 9.13. The summed E-state index contributed by atoms with van der Waals surface area (Å²) in [5.74, 6) is 0.134. The second kappa shape index (κ2) is 9.26. The summed E-state index contributed by atoms with van der Waals surface area (Å²) in [5, 5.41) is 18.5. The van der Waals surface area contributed by atoms with Crippen LogP contribution in [0.15, 0.2) is 54.2 Å². The van der Waals surface area contributed by atoms with Gasteiger partial charge in [0.1, 0.15) is 11.6 Å². The Morgan fingerprint density at radius 1 is 1.16 bits per heavy atom. The lowest BCUT2D eigenvalue weighted by atomic mass is 10.0. The molecule has 10 heteroatoms. The van der Waals surface area contributed by atoms with Gasteiger partial charge in [0.2, 0.25) is 0 Å². The number of methoxy groups -OCH3 is 2. The molecule has 3 aromatic rings. The summed E-state index contributed by atoms with van der Waals surface area (Å²) in [6, 6.07) is 11.0. The van der Waals surface area contributed by atoms with Crippen LogP contribution in [0.2, 0.25) is 0 Å². The van der Waals surface area contributed by atoms with Crippen molar-refractivity contribution in [1.29, 1.82) is 5.26 Å². The number of ether oxygens (including phenoxy) is 2. The molecule has 0 radical (unpaired) electrons. The summed E-state index contributed by atoms with van der Waals surface area (Å²) in [5.41, 5.74) is 0.271. The van der Waals surface area contributed by atoms with Gasteiger partial charge in [0.05, 0.1) is 31.7 Å². The number of aromatic amines is 1. The first kappa shape index (κ1) is 22.4.